The van der Waals surface area contributed by atoms with Crippen LogP contribution in [0.25, 0.3) is 0 Å². The molecule has 4 N–H and O–H groups in total. The van der Waals surface area contributed by atoms with Crippen LogP contribution in [0, 0.1) is 5.92 Å². The van der Waals surface area contributed by atoms with Crippen LogP contribution in [0.4, 0.5) is 0 Å². The zero-order valence-corrected chi connectivity index (χ0v) is 24.5. The Labute approximate surface area is 228 Å². The van der Waals surface area contributed by atoms with Crippen LogP contribution in [0.2, 0.25) is 0 Å². The molecule has 5 atom stereocenters. The summed E-state index contributed by atoms with van der Waals surface area (Å²) in [4.78, 5) is 28.3. The molecule has 0 heterocycles. The van der Waals surface area contributed by atoms with E-state index in [-0.39, 0.29) is 24.0 Å². The highest BCUT2D eigenvalue weighted by Crippen LogP contribution is 2.18. The average Bonchev–Trinajstić information content (AvgIpc) is 2.90. The fourth-order valence-electron chi connectivity index (χ4n) is 4.12. The summed E-state index contributed by atoms with van der Waals surface area (Å²) in [6.07, 6.45) is 5.08. The Balaban J connectivity index is 3.24. The topological polar surface area (TPSA) is 96.7 Å². The molecule has 1 amide bonds. The molecule has 0 aliphatic rings. The fraction of sp³-hybridized carbons (Fsp3) is 0.704. The first-order valence-electron chi connectivity index (χ1n) is 13.1. The molecule has 206 valence electrons. The standard InChI is InChI=1S/C27H48N4O3S2/c1-6-11-25(26(32)30-23(14-15-36-5)27(33)34-4)31(17-21-12-9-8-10-13-21)18-24(20(3)7-2)29-16-22(28)19-35/h8-10,12-13,20,22-25,29,35H,6-7,11,14-19,28H2,1-5H3,(H,30,32)/t20-,22+,23-,24+,25-/m0/s1. The molecule has 7 nitrogen and oxygen atoms in total. The zero-order chi connectivity index (χ0) is 26.9. The van der Waals surface area contributed by atoms with Crippen molar-refractivity contribution >= 4 is 36.3 Å². The molecule has 0 saturated carbocycles. The number of nitrogens with zero attached hydrogens (tertiary/aromatic N) is 1. The minimum absolute atomic E-state index is 0.0329. The summed E-state index contributed by atoms with van der Waals surface area (Å²) >= 11 is 5.97. The number of ether oxygens (including phenoxy) is 1. The lowest BCUT2D eigenvalue weighted by atomic mass is 9.96. The number of thiol groups is 1. The number of carbonyl (C=O) groups is 2. The van der Waals surface area contributed by atoms with Gasteiger partial charge in [0.2, 0.25) is 5.91 Å². The Morgan fingerprint density at radius 2 is 1.89 bits per heavy atom. The first kappa shape index (κ1) is 32.8. The first-order chi connectivity index (χ1) is 17.3. The van der Waals surface area contributed by atoms with Crippen molar-refractivity contribution in [2.75, 3.05) is 38.0 Å². The fourth-order valence-corrected chi connectivity index (χ4v) is 4.72. The van der Waals surface area contributed by atoms with Crippen LogP contribution in [-0.2, 0) is 20.9 Å². The molecule has 0 aliphatic carbocycles. The molecule has 0 radical (unpaired) electrons. The molecule has 0 spiro atoms. The third-order valence-corrected chi connectivity index (χ3v) is 7.70. The predicted octanol–water partition coefficient (Wildman–Crippen LogP) is 3.33. The summed E-state index contributed by atoms with van der Waals surface area (Å²) in [7, 11) is 1.36. The third kappa shape index (κ3) is 11.9. The third-order valence-electron chi connectivity index (χ3n) is 6.59. The van der Waals surface area contributed by atoms with Gasteiger partial charge in [-0.05, 0) is 36.3 Å². The summed E-state index contributed by atoms with van der Waals surface area (Å²) < 4.78 is 4.98. The highest BCUT2D eigenvalue weighted by atomic mass is 32.2. The summed E-state index contributed by atoms with van der Waals surface area (Å²) in [6, 6.07) is 9.33. The molecule has 36 heavy (non-hydrogen) atoms. The van der Waals surface area contributed by atoms with E-state index in [1.807, 2.05) is 24.5 Å². The molecule has 0 aromatic heterocycles. The summed E-state index contributed by atoms with van der Waals surface area (Å²) in [6.45, 7) is 8.50. The van der Waals surface area contributed by atoms with Gasteiger partial charge >= 0.3 is 5.97 Å². The largest absolute Gasteiger partial charge is 0.467 e. The number of hydrogen-bond acceptors (Lipinski definition) is 8. The van der Waals surface area contributed by atoms with E-state index in [1.165, 1.54) is 7.11 Å². The number of esters is 1. The molecule has 0 saturated heterocycles. The van der Waals surface area contributed by atoms with Gasteiger partial charge in [0.1, 0.15) is 6.04 Å². The Morgan fingerprint density at radius 1 is 1.19 bits per heavy atom. The number of methoxy groups -OCH3 is 1. The van der Waals surface area contributed by atoms with E-state index in [0.717, 1.165) is 24.2 Å². The number of benzene rings is 1. The van der Waals surface area contributed by atoms with Crippen molar-refractivity contribution in [1.29, 1.82) is 0 Å². The van der Waals surface area contributed by atoms with Crippen LogP contribution in [0.3, 0.4) is 0 Å². The zero-order valence-electron chi connectivity index (χ0n) is 22.7. The van der Waals surface area contributed by atoms with Crippen molar-refractivity contribution in [3.63, 3.8) is 0 Å². The van der Waals surface area contributed by atoms with E-state index in [4.69, 9.17) is 10.5 Å². The van der Waals surface area contributed by atoms with Crippen molar-refractivity contribution < 1.29 is 14.3 Å². The van der Waals surface area contributed by atoms with Gasteiger partial charge in [0.15, 0.2) is 0 Å². The van der Waals surface area contributed by atoms with Gasteiger partial charge in [0.05, 0.1) is 13.2 Å². The lowest BCUT2D eigenvalue weighted by Crippen LogP contribution is -2.56. The van der Waals surface area contributed by atoms with Crippen molar-refractivity contribution in [1.82, 2.24) is 15.5 Å². The summed E-state index contributed by atoms with van der Waals surface area (Å²) in [5.74, 6) is 1.24. The van der Waals surface area contributed by atoms with Gasteiger partial charge in [0, 0.05) is 37.5 Å². The molecular weight excluding hydrogens is 492 g/mol. The first-order valence-corrected chi connectivity index (χ1v) is 15.1. The van der Waals surface area contributed by atoms with Gasteiger partial charge < -0.3 is 21.1 Å². The van der Waals surface area contributed by atoms with Gasteiger partial charge in [-0.3, -0.25) is 9.69 Å². The second-order valence-electron chi connectivity index (χ2n) is 9.43. The Morgan fingerprint density at radius 3 is 2.44 bits per heavy atom. The van der Waals surface area contributed by atoms with Crippen molar-refractivity contribution in [3.05, 3.63) is 35.9 Å². The Bertz CT molecular complexity index is 741. The lowest BCUT2D eigenvalue weighted by molar-refractivity contribution is -0.146. The van der Waals surface area contributed by atoms with Crippen molar-refractivity contribution in [2.24, 2.45) is 11.7 Å². The number of thioether (sulfide) groups is 1. The van der Waals surface area contributed by atoms with Crippen LogP contribution in [0.1, 0.15) is 52.0 Å². The maximum absolute atomic E-state index is 13.7. The lowest BCUT2D eigenvalue weighted by Gasteiger charge is -2.37. The molecule has 0 unspecified atom stereocenters. The number of rotatable bonds is 19. The quantitative estimate of drug-likeness (QED) is 0.158. The molecule has 1 rings (SSSR count). The second-order valence-corrected chi connectivity index (χ2v) is 10.8. The van der Waals surface area contributed by atoms with Crippen molar-refractivity contribution in [2.45, 2.75) is 77.2 Å². The SMILES string of the molecule is CCC[C@@H](C(=O)N[C@@H](CCSC)C(=O)OC)N(Cc1ccccc1)C[C@@H](NC[C@@H](N)CS)[C@@H](C)CC. The van der Waals surface area contributed by atoms with Crippen LogP contribution in [-0.4, -0.2) is 78.9 Å². The van der Waals surface area contributed by atoms with E-state index in [9.17, 15) is 9.59 Å². The van der Waals surface area contributed by atoms with Gasteiger partial charge in [-0.15, -0.1) is 0 Å². The van der Waals surface area contributed by atoms with Crippen LogP contribution in [0.15, 0.2) is 30.3 Å². The second kappa shape index (κ2) is 18.9. The molecule has 1 aromatic carbocycles. The van der Waals surface area contributed by atoms with Crippen LogP contribution >= 0.6 is 24.4 Å². The van der Waals surface area contributed by atoms with Gasteiger partial charge in [-0.2, -0.15) is 24.4 Å². The van der Waals surface area contributed by atoms with Crippen LogP contribution in [0.5, 0.6) is 0 Å². The van der Waals surface area contributed by atoms with Crippen molar-refractivity contribution in [3.8, 4) is 0 Å². The van der Waals surface area contributed by atoms with Gasteiger partial charge in [-0.1, -0.05) is 63.9 Å². The monoisotopic (exact) mass is 540 g/mol. The number of nitrogens with two attached hydrogens (primary N) is 1. The maximum Gasteiger partial charge on any atom is 0.328 e. The Hall–Kier alpha value is -1.26. The number of amides is 1. The molecular formula is C27H48N4O3S2. The van der Waals surface area contributed by atoms with E-state index in [2.05, 4.69) is 61.1 Å². The van der Waals surface area contributed by atoms with E-state index in [0.29, 0.717) is 44.1 Å². The normalized spacial score (nSPS) is 15.7. The van der Waals surface area contributed by atoms with E-state index >= 15 is 0 Å². The maximum atomic E-state index is 13.7. The van der Waals surface area contributed by atoms with E-state index < -0.39 is 12.0 Å². The van der Waals surface area contributed by atoms with E-state index in [1.54, 1.807) is 11.8 Å². The molecule has 0 bridgehead atoms. The average molecular weight is 541 g/mol. The molecule has 1 aromatic rings. The molecule has 9 heteroatoms. The summed E-state index contributed by atoms with van der Waals surface area (Å²) in [5.41, 5.74) is 7.29. The minimum Gasteiger partial charge on any atom is -0.467 e. The number of nitrogens with one attached hydrogen (secondary N) is 2. The number of carbonyl (C=O) groups excluding carboxylic acids is 2. The molecule has 0 aliphatic heterocycles. The number of hydrogen-bond donors (Lipinski definition) is 4. The van der Waals surface area contributed by atoms with Crippen LogP contribution < -0.4 is 16.4 Å². The summed E-state index contributed by atoms with van der Waals surface area (Å²) in [5, 5.41) is 6.66. The van der Waals surface area contributed by atoms with Gasteiger partial charge in [-0.25, -0.2) is 4.79 Å². The highest BCUT2D eigenvalue weighted by molar-refractivity contribution is 7.98. The van der Waals surface area contributed by atoms with Gasteiger partial charge in [0.25, 0.3) is 0 Å². The highest BCUT2D eigenvalue weighted by Gasteiger charge is 2.32. The Kier molecular flexibility index (Phi) is 17.2. The smallest absolute Gasteiger partial charge is 0.328 e. The molecule has 0 fully saturated rings. The minimum atomic E-state index is -0.648. The predicted molar refractivity (Wildman–Crippen MR) is 156 cm³/mol.